The molecule has 0 unspecified atom stereocenters. The van der Waals surface area contributed by atoms with Crippen molar-refractivity contribution in [1.82, 2.24) is 0 Å². The third-order valence-corrected chi connectivity index (χ3v) is 3.02. The number of carbonyl (C=O) groups is 2. The predicted octanol–water partition coefficient (Wildman–Crippen LogP) is 2.56. The highest BCUT2D eigenvalue weighted by Crippen LogP contribution is 2.36. The van der Waals surface area contributed by atoms with Crippen LogP contribution in [0.3, 0.4) is 0 Å². The molecule has 0 atom stereocenters. The van der Waals surface area contributed by atoms with Gasteiger partial charge in [0.25, 0.3) is 0 Å². The van der Waals surface area contributed by atoms with E-state index < -0.39 is 11.4 Å². The molecule has 1 saturated carbocycles. The topological polar surface area (TPSA) is 54.4 Å². The van der Waals surface area contributed by atoms with Gasteiger partial charge in [0.05, 0.1) is 5.41 Å². The monoisotopic (exact) mass is 210 g/mol. The van der Waals surface area contributed by atoms with E-state index in [2.05, 4.69) is 6.92 Å². The van der Waals surface area contributed by atoms with E-state index in [9.17, 15) is 14.7 Å². The van der Waals surface area contributed by atoms with Crippen molar-refractivity contribution in [3.63, 3.8) is 0 Å². The molecular weight excluding hydrogens is 192 g/mol. The van der Waals surface area contributed by atoms with Gasteiger partial charge in [0.15, 0.2) is 0 Å². The lowest BCUT2D eigenvalue weighted by Crippen LogP contribution is -2.33. The average molecular weight is 210 g/mol. The summed E-state index contributed by atoms with van der Waals surface area (Å²) in [7, 11) is 0. The van der Waals surface area contributed by atoms with Crippen LogP contribution in [-0.2, 0) is 9.59 Å². The van der Waals surface area contributed by atoms with Crippen molar-refractivity contribution in [3.05, 3.63) is 12.2 Å². The molecule has 0 bridgehead atoms. The second kappa shape index (κ2) is 5.10. The van der Waals surface area contributed by atoms with Crippen molar-refractivity contribution in [2.24, 2.45) is 5.41 Å². The molecule has 0 radical (unpaired) electrons. The largest absolute Gasteiger partial charge is 0.481 e. The van der Waals surface area contributed by atoms with Crippen LogP contribution in [-0.4, -0.2) is 16.9 Å². The van der Waals surface area contributed by atoms with E-state index in [0.717, 1.165) is 12.8 Å². The van der Waals surface area contributed by atoms with Crippen LogP contribution in [0.1, 0.15) is 45.4 Å². The lowest BCUT2D eigenvalue weighted by Gasteiger charge is -2.29. The first-order valence-electron chi connectivity index (χ1n) is 5.53. The number of hydrogen-bond acceptors (Lipinski definition) is 2. The molecule has 0 aromatic heterocycles. The van der Waals surface area contributed by atoms with Crippen LogP contribution in [0.25, 0.3) is 0 Å². The molecule has 1 fully saturated rings. The highest BCUT2D eigenvalue weighted by molar-refractivity contribution is 5.84. The second-order valence-electron chi connectivity index (χ2n) is 4.19. The molecule has 0 spiro atoms. The van der Waals surface area contributed by atoms with E-state index in [0.29, 0.717) is 25.7 Å². The maximum absolute atomic E-state index is 11.2. The Morgan fingerprint density at radius 3 is 2.53 bits per heavy atom. The molecule has 1 N–H and O–H groups in total. The van der Waals surface area contributed by atoms with Crippen LogP contribution in [0.5, 0.6) is 0 Å². The zero-order valence-electron chi connectivity index (χ0n) is 9.16. The van der Waals surface area contributed by atoms with E-state index in [4.69, 9.17) is 0 Å². The summed E-state index contributed by atoms with van der Waals surface area (Å²) in [4.78, 5) is 22.3. The molecule has 3 nitrogen and oxygen atoms in total. The molecule has 0 aliphatic heterocycles. The van der Waals surface area contributed by atoms with Crippen molar-refractivity contribution in [2.75, 3.05) is 0 Å². The summed E-state index contributed by atoms with van der Waals surface area (Å²) in [6.45, 7) is 2.06. The number of hydrogen-bond donors (Lipinski definition) is 1. The summed E-state index contributed by atoms with van der Waals surface area (Å²) in [6.07, 6.45) is 7.39. The van der Waals surface area contributed by atoms with Crippen LogP contribution in [0.2, 0.25) is 0 Å². The molecule has 15 heavy (non-hydrogen) atoms. The third kappa shape index (κ3) is 2.91. The summed E-state index contributed by atoms with van der Waals surface area (Å²) >= 11 is 0. The fraction of sp³-hybridized carbons (Fsp3) is 0.667. The van der Waals surface area contributed by atoms with Crippen molar-refractivity contribution in [2.45, 2.75) is 45.4 Å². The lowest BCUT2D eigenvalue weighted by atomic mass is 9.73. The minimum absolute atomic E-state index is 0.191. The van der Waals surface area contributed by atoms with E-state index in [1.54, 1.807) is 6.08 Å². The van der Waals surface area contributed by atoms with Crippen LogP contribution < -0.4 is 0 Å². The third-order valence-electron chi connectivity index (χ3n) is 3.02. The van der Waals surface area contributed by atoms with Crippen molar-refractivity contribution < 1.29 is 14.7 Å². The van der Waals surface area contributed by atoms with Gasteiger partial charge in [0.2, 0.25) is 0 Å². The molecule has 3 heteroatoms. The number of carboxylic acid groups (broad SMARTS) is 1. The van der Waals surface area contributed by atoms with Gasteiger partial charge in [0, 0.05) is 12.8 Å². The lowest BCUT2D eigenvalue weighted by molar-refractivity contribution is -0.148. The number of carbonyl (C=O) groups excluding carboxylic acids is 1. The molecule has 0 amide bonds. The van der Waals surface area contributed by atoms with E-state index in [1.807, 2.05) is 6.08 Å². The fourth-order valence-corrected chi connectivity index (χ4v) is 1.90. The summed E-state index contributed by atoms with van der Waals surface area (Å²) < 4.78 is 0. The van der Waals surface area contributed by atoms with Gasteiger partial charge in [-0.05, 0) is 19.3 Å². The van der Waals surface area contributed by atoms with Gasteiger partial charge < -0.3 is 5.11 Å². The summed E-state index contributed by atoms with van der Waals surface area (Å²) in [5.41, 5.74) is -0.775. The van der Waals surface area contributed by atoms with Crippen molar-refractivity contribution >= 4 is 11.8 Å². The molecule has 1 aliphatic rings. The zero-order chi connectivity index (χ0) is 11.3. The second-order valence-corrected chi connectivity index (χ2v) is 4.19. The molecule has 0 aromatic carbocycles. The minimum atomic E-state index is -0.789. The SMILES string of the molecule is CCC/C=C/C1(C(=O)O)CCC(=O)CC1. The maximum atomic E-state index is 11.2. The normalized spacial score (nSPS) is 20.7. The van der Waals surface area contributed by atoms with Gasteiger partial charge in [-0.3, -0.25) is 9.59 Å². The Kier molecular flexibility index (Phi) is 4.06. The van der Waals surface area contributed by atoms with E-state index >= 15 is 0 Å². The molecule has 1 aliphatic carbocycles. The van der Waals surface area contributed by atoms with Gasteiger partial charge in [-0.1, -0.05) is 25.5 Å². The summed E-state index contributed by atoms with van der Waals surface area (Å²) in [5.74, 6) is -0.599. The van der Waals surface area contributed by atoms with Gasteiger partial charge in [-0.15, -0.1) is 0 Å². The number of rotatable bonds is 4. The molecule has 84 valence electrons. The Balaban J connectivity index is 2.71. The van der Waals surface area contributed by atoms with Gasteiger partial charge in [-0.25, -0.2) is 0 Å². The number of carboxylic acids is 1. The predicted molar refractivity (Wildman–Crippen MR) is 57.6 cm³/mol. The summed E-state index contributed by atoms with van der Waals surface area (Å²) in [5, 5.41) is 9.21. The quantitative estimate of drug-likeness (QED) is 0.725. The van der Waals surface area contributed by atoms with Crippen LogP contribution >= 0.6 is 0 Å². The highest BCUT2D eigenvalue weighted by atomic mass is 16.4. The molecule has 0 heterocycles. The van der Waals surface area contributed by atoms with Gasteiger partial charge >= 0.3 is 5.97 Å². The average Bonchev–Trinajstić information content (AvgIpc) is 2.21. The first-order chi connectivity index (χ1) is 7.10. The number of ketones is 1. The molecule has 0 saturated heterocycles. The Morgan fingerprint density at radius 2 is 2.07 bits per heavy atom. The minimum Gasteiger partial charge on any atom is -0.481 e. The first kappa shape index (κ1) is 12.0. The Bertz CT molecular complexity index is 269. The Morgan fingerprint density at radius 1 is 1.47 bits per heavy atom. The fourth-order valence-electron chi connectivity index (χ4n) is 1.90. The Labute approximate surface area is 90.2 Å². The molecular formula is C12H18O3. The number of allylic oxidation sites excluding steroid dienone is 1. The van der Waals surface area contributed by atoms with Gasteiger partial charge in [-0.2, -0.15) is 0 Å². The Hall–Kier alpha value is -1.12. The number of Topliss-reactive ketones (excluding diaryl/α,β-unsaturated/α-hetero) is 1. The zero-order valence-corrected chi connectivity index (χ0v) is 9.16. The highest BCUT2D eigenvalue weighted by Gasteiger charge is 2.39. The standard InChI is InChI=1S/C12H18O3/c1-2-3-4-7-12(11(14)15)8-5-10(13)6-9-12/h4,7H,2-3,5-6,8-9H2,1H3,(H,14,15)/b7-4+. The van der Waals surface area contributed by atoms with Crippen LogP contribution in [0.15, 0.2) is 12.2 Å². The summed E-state index contributed by atoms with van der Waals surface area (Å²) in [6, 6.07) is 0. The van der Waals surface area contributed by atoms with E-state index in [1.165, 1.54) is 0 Å². The van der Waals surface area contributed by atoms with Crippen molar-refractivity contribution in [1.29, 1.82) is 0 Å². The molecule has 1 rings (SSSR count). The first-order valence-corrected chi connectivity index (χ1v) is 5.53. The van der Waals surface area contributed by atoms with Crippen molar-refractivity contribution in [3.8, 4) is 0 Å². The number of unbranched alkanes of at least 4 members (excludes halogenated alkanes) is 1. The molecule has 0 aromatic rings. The maximum Gasteiger partial charge on any atom is 0.313 e. The van der Waals surface area contributed by atoms with Crippen LogP contribution in [0, 0.1) is 5.41 Å². The van der Waals surface area contributed by atoms with Gasteiger partial charge in [0.1, 0.15) is 5.78 Å². The van der Waals surface area contributed by atoms with E-state index in [-0.39, 0.29) is 5.78 Å². The number of aliphatic carboxylic acids is 1. The smallest absolute Gasteiger partial charge is 0.313 e. The van der Waals surface area contributed by atoms with Crippen LogP contribution in [0.4, 0.5) is 0 Å².